The number of carbonyl (C=O) groups is 1. The maximum atomic E-state index is 12.2. The van der Waals surface area contributed by atoms with Crippen molar-refractivity contribution in [2.45, 2.75) is 25.8 Å². The van der Waals surface area contributed by atoms with E-state index in [0.717, 1.165) is 17.8 Å². The number of nitrogens with one attached hydrogen (secondary N) is 1. The lowest BCUT2D eigenvalue weighted by Crippen LogP contribution is -2.24. The zero-order valence-electron chi connectivity index (χ0n) is 12.3. The summed E-state index contributed by atoms with van der Waals surface area (Å²) < 4.78 is 1.97. The van der Waals surface area contributed by atoms with E-state index in [4.69, 9.17) is 0 Å². The summed E-state index contributed by atoms with van der Waals surface area (Å²) in [6.07, 6.45) is 4.89. The molecule has 0 saturated heterocycles. The number of imidazole rings is 1. The van der Waals surface area contributed by atoms with E-state index in [1.807, 2.05) is 35.0 Å². The normalized spacial score (nSPS) is 20.2. The molecule has 22 heavy (non-hydrogen) atoms. The van der Waals surface area contributed by atoms with Crippen LogP contribution in [0.5, 0.6) is 0 Å². The molecule has 1 aliphatic carbocycles. The number of aromatic nitrogens is 2. The minimum absolute atomic E-state index is 0.134. The number of aryl methyl sites for hydroxylation is 1. The molecule has 5 heteroatoms. The smallest absolute Gasteiger partial charge is 0.224 e. The Hall–Kier alpha value is -2.14. The van der Waals surface area contributed by atoms with E-state index in [-0.39, 0.29) is 11.8 Å². The number of fused-ring (bicyclic) bond motifs is 1. The first-order valence-corrected chi connectivity index (χ1v) is 8.29. The van der Waals surface area contributed by atoms with E-state index in [2.05, 4.69) is 29.4 Å². The lowest BCUT2D eigenvalue weighted by atomic mass is 10.2. The van der Waals surface area contributed by atoms with E-state index in [1.54, 1.807) is 11.3 Å². The van der Waals surface area contributed by atoms with Gasteiger partial charge in [-0.15, -0.1) is 11.3 Å². The molecule has 112 valence electrons. The molecule has 3 heterocycles. The van der Waals surface area contributed by atoms with Crippen LogP contribution in [-0.2, 0) is 11.3 Å². The van der Waals surface area contributed by atoms with Gasteiger partial charge in [0.05, 0.1) is 12.2 Å². The van der Waals surface area contributed by atoms with E-state index in [0.29, 0.717) is 12.5 Å². The molecular weight excluding hydrogens is 294 g/mol. The van der Waals surface area contributed by atoms with Gasteiger partial charge in [-0.1, -0.05) is 6.07 Å². The number of hydrogen-bond acceptors (Lipinski definition) is 3. The van der Waals surface area contributed by atoms with Crippen LogP contribution in [0.2, 0.25) is 0 Å². The average molecular weight is 311 g/mol. The Morgan fingerprint density at radius 2 is 2.32 bits per heavy atom. The standard InChI is InChI=1S/C17H17N3OS/c1-11-5-6-15(22-11)13-8-14(13)17(21)18-9-12-10-20-7-3-2-4-16(20)19-12/h2-7,10,13-14H,8-9H2,1H3,(H,18,21)/t13-,14+/m0/s1. The van der Waals surface area contributed by atoms with E-state index in [1.165, 1.54) is 9.75 Å². The third-order valence-corrected chi connectivity index (χ3v) is 5.24. The van der Waals surface area contributed by atoms with Crippen molar-refractivity contribution in [3.63, 3.8) is 0 Å². The second-order valence-electron chi connectivity index (χ2n) is 5.81. The van der Waals surface area contributed by atoms with Crippen molar-refractivity contribution in [3.8, 4) is 0 Å². The molecule has 0 spiro atoms. The second kappa shape index (κ2) is 5.25. The highest BCUT2D eigenvalue weighted by molar-refractivity contribution is 7.12. The Bertz CT molecular complexity index is 802. The number of carbonyl (C=O) groups excluding carboxylic acids is 1. The monoisotopic (exact) mass is 311 g/mol. The van der Waals surface area contributed by atoms with Crippen molar-refractivity contribution in [2.75, 3.05) is 0 Å². The molecule has 3 aromatic rings. The zero-order chi connectivity index (χ0) is 15.1. The van der Waals surface area contributed by atoms with Crippen molar-refractivity contribution in [1.82, 2.24) is 14.7 Å². The molecule has 0 aliphatic heterocycles. The van der Waals surface area contributed by atoms with Crippen molar-refractivity contribution < 1.29 is 4.79 Å². The Balaban J connectivity index is 1.37. The van der Waals surface area contributed by atoms with Crippen LogP contribution in [0.1, 0.15) is 27.8 Å². The van der Waals surface area contributed by atoms with Crippen LogP contribution in [0.15, 0.2) is 42.7 Å². The fourth-order valence-corrected chi connectivity index (χ4v) is 3.89. The molecule has 4 nitrogen and oxygen atoms in total. The summed E-state index contributed by atoms with van der Waals surface area (Å²) in [5.74, 6) is 0.697. The molecule has 0 aromatic carbocycles. The van der Waals surface area contributed by atoms with Crippen molar-refractivity contribution in [3.05, 3.63) is 58.2 Å². The topological polar surface area (TPSA) is 46.4 Å². The average Bonchev–Trinajstić information content (AvgIpc) is 3.02. The fourth-order valence-electron chi connectivity index (χ4n) is 2.83. The fraction of sp³-hybridized carbons (Fsp3) is 0.294. The summed E-state index contributed by atoms with van der Waals surface area (Å²) in [5, 5.41) is 3.02. The SMILES string of the molecule is Cc1ccc([C@H]2C[C@H]2C(=O)NCc2cn3ccccc3n2)s1. The molecule has 0 radical (unpaired) electrons. The number of hydrogen-bond donors (Lipinski definition) is 1. The predicted octanol–water partition coefficient (Wildman–Crippen LogP) is 3.12. The van der Waals surface area contributed by atoms with Crippen LogP contribution in [0.25, 0.3) is 5.65 Å². The summed E-state index contributed by atoms with van der Waals surface area (Å²) >= 11 is 1.80. The van der Waals surface area contributed by atoms with Gasteiger partial charge in [-0.25, -0.2) is 4.98 Å². The maximum Gasteiger partial charge on any atom is 0.224 e. The lowest BCUT2D eigenvalue weighted by Gasteiger charge is -2.01. The maximum absolute atomic E-state index is 12.2. The van der Waals surface area contributed by atoms with Crippen LogP contribution in [0, 0.1) is 12.8 Å². The Morgan fingerprint density at radius 1 is 1.41 bits per heavy atom. The molecule has 0 bridgehead atoms. The molecule has 4 rings (SSSR count). The van der Waals surface area contributed by atoms with E-state index >= 15 is 0 Å². The van der Waals surface area contributed by atoms with Gasteiger partial charge in [0.1, 0.15) is 5.65 Å². The van der Waals surface area contributed by atoms with Gasteiger partial charge in [-0.3, -0.25) is 4.79 Å². The lowest BCUT2D eigenvalue weighted by molar-refractivity contribution is -0.122. The molecule has 1 saturated carbocycles. The Morgan fingerprint density at radius 3 is 3.09 bits per heavy atom. The molecule has 3 aromatic heterocycles. The van der Waals surface area contributed by atoms with Gasteiger partial charge in [0.2, 0.25) is 5.91 Å². The molecule has 1 N–H and O–H groups in total. The Kier molecular flexibility index (Phi) is 3.22. The highest BCUT2D eigenvalue weighted by Gasteiger charge is 2.44. The molecular formula is C17H17N3OS. The zero-order valence-corrected chi connectivity index (χ0v) is 13.1. The molecule has 0 unspecified atom stereocenters. The van der Waals surface area contributed by atoms with Crippen molar-refractivity contribution in [2.24, 2.45) is 5.92 Å². The molecule has 1 aliphatic rings. The number of pyridine rings is 1. The minimum atomic E-state index is 0.134. The third kappa shape index (κ3) is 2.52. The molecule has 1 amide bonds. The number of nitrogens with zero attached hydrogens (tertiary/aromatic N) is 2. The van der Waals surface area contributed by atoms with E-state index < -0.39 is 0 Å². The van der Waals surface area contributed by atoms with Gasteiger partial charge in [0.15, 0.2) is 0 Å². The molecule has 1 fully saturated rings. The van der Waals surface area contributed by atoms with Crippen LogP contribution < -0.4 is 5.32 Å². The predicted molar refractivity (Wildman–Crippen MR) is 86.9 cm³/mol. The summed E-state index contributed by atoms with van der Waals surface area (Å²) in [4.78, 5) is 19.4. The second-order valence-corrected chi connectivity index (χ2v) is 7.13. The van der Waals surface area contributed by atoms with Crippen molar-refractivity contribution in [1.29, 1.82) is 0 Å². The summed E-state index contributed by atoms with van der Waals surface area (Å²) in [5.41, 5.74) is 1.80. The van der Waals surface area contributed by atoms with Crippen LogP contribution >= 0.6 is 11.3 Å². The first kappa shape index (κ1) is 13.5. The van der Waals surface area contributed by atoms with Crippen LogP contribution in [0.3, 0.4) is 0 Å². The summed E-state index contributed by atoms with van der Waals surface area (Å²) in [6.45, 7) is 2.60. The minimum Gasteiger partial charge on any atom is -0.350 e. The largest absolute Gasteiger partial charge is 0.350 e. The van der Waals surface area contributed by atoms with Gasteiger partial charge < -0.3 is 9.72 Å². The van der Waals surface area contributed by atoms with Crippen LogP contribution in [-0.4, -0.2) is 15.3 Å². The van der Waals surface area contributed by atoms with Crippen LogP contribution in [0.4, 0.5) is 0 Å². The van der Waals surface area contributed by atoms with Gasteiger partial charge in [0, 0.05) is 34.0 Å². The number of amides is 1. The highest BCUT2D eigenvalue weighted by atomic mass is 32.1. The first-order chi connectivity index (χ1) is 10.7. The molecule has 2 atom stereocenters. The number of thiophene rings is 1. The van der Waals surface area contributed by atoms with Gasteiger partial charge >= 0.3 is 0 Å². The highest BCUT2D eigenvalue weighted by Crippen LogP contribution is 2.49. The Labute approximate surface area is 132 Å². The quantitative estimate of drug-likeness (QED) is 0.804. The van der Waals surface area contributed by atoms with E-state index in [9.17, 15) is 4.79 Å². The van der Waals surface area contributed by atoms with Gasteiger partial charge in [-0.2, -0.15) is 0 Å². The summed E-state index contributed by atoms with van der Waals surface area (Å²) in [7, 11) is 0. The van der Waals surface area contributed by atoms with Gasteiger partial charge in [-0.05, 0) is 37.6 Å². The number of rotatable bonds is 4. The third-order valence-electron chi connectivity index (χ3n) is 4.11. The van der Waals surface area contributed by atoms with Gasteiger partial charge in [0.25, 0.3) is 0 Å². The first-order valence-electron chi connectivity index (χ1n) is 7.47. The van der Waals surface area contributed by atoms with Crippen molar-refractivity contribution >= 4 is 22.9 Å². The summed E-state index contributed by atoms with van der Waals surface area (Å²) in [6, 6.07) is 10.2.